The van der Waals surface area contributed by atoms with Gasteiger partial charge in [-0.2, -0.15) is 0 Å². The molecule has 0 bridgehead atoms. The summed E-state index contributed by atoms with van der Waals surface area (Å²) in [6.45, 7) is 5.74. The van der Waals surface area contributed by atoms with Crippen molar-refractivity contribution in [2.45, 2.75) is 66.0 Å². The quantitative estimate of drug-likeness (QED) is 0.155. The number of aromatic nitrogens is 3. The maximum Gasteiger partial charge on any atom is 0.335 e. The van der Waals surface area contributed by atoms with E-state index in [4.69, 9.17) is 4.74 Å². The number of hydrogen-bond acceptors (Lipinski definition) is 4. The van der Waals surface area contributed by atoms with Crippen molar-refractivity contribution in [3.8, 4) is 17.1 Å². The largest absolute Gasteiger partial charge is 0.478 e. The number of aromatic carboxylic acids is 1. The number of imidazole rings is 1. The van der Waals surface area contributed by atoms with Crippen molar-refractivity contribution in [3.63, 3.8) is 0 Å². The summed E-state index contributed by atoms with van der Waals surface area (Å²) in [6.07, 6.45) is -1.15. The first-order chi connectivity index (χ1) is 22.1. The molecule has 1 aliphatic rings. The summed E-state index contributed by atoms with van der Waals surface area (Å²) in [7, 11) is 0. The van der Waals surface area contributed by atoms with Crippen molar-refractivity contribution in [1.82, 2.24) is 14.5 Å². The summed E-state index contributed by atoms with van der Waals surface area (Å²) < 4.78 is 65.3. The van der Waals surface area contributed by atoms with Crippen LogP contribution in [0, 0.1) is 24.0 Å². The van der Waals surface area contributed by atoms with Gasteiger partial charge in [0.1, 0.15) is 24.1 Å². The van der Waals surface area contributed by atoms with Gasteiger partial charge in [-0.15, -0.1) is 0 Å². The third-order valence-corrected chi connectivity index (χ3v) is 8.36. The summed E-state index contributed by atoms with van der Waals surface area (Å²) in [5.41, 5.74) is 2.10. The van der Waals surface area contributed by atoms with Gasteiger partial charge in [0.25, 0.3) is 0 Å². The number of carboxylic acid groups (broad SMARTS) is 1. The van der Waals surface area contributed by atoms with Gasteiger partial charge in [0, 0.05) is 35.6 Å². The fraction of sp³-hybridized carbons (Fsp3) is 0.306. The van der Waals surface area contributed by atoms with E-state index in [1.807, 2.05) is 13.8 Å². The lowest BCUT2D eigenvalue weighted by atomic mass is 9.69. The molecule has 1 aliphatic carbocycles. The van der Waals surface area contributed by atoms with Gasteiger partial charge in [-0.3, -0.25) is 0 Å². The molecule has 5 aromatic rings. The second kappa shape index (κ2) is 13.7. The Balaban J connectivity index is 0.00000204. The van der Waals surface area contributed by atoms with E-state index >= 15 is 4.39 Å². The van der Waals surface area contributed by atoms with E-state index in [-0.39, 0.29) is 36.8 Å². The molecule has 1 N–H and O–H groups in total. The normalized spacial score (nSPS) is 13.7. The zero-order valence-electron chi connectivity index (χ0n) is 25.9. The molecule has 0 spiro atoms. The molecular formula is C36H35F4N3O3. The third kappa shape index (κ3) is 6.76. The first kappa shape index (κ1) is 32.7. The molecular weight excluding hydrogens is 598 g/mol. The second-order valence-electron chi connectivity index (χ2n) is 11.4. The zero-order valence-corrected chi connectivity index (χ0v) is 25.9. The standard InChI is InChI=1S/C34H29F4N3O3.C2H6/c1-20-6-7-24(25(35)14-20)18-44-31-5-2-4-27(40-31)22-9-8-21(26(36)15-22)17-30-39-28-11-10-23(32(42)43)16-29(28)41(30)19-34(33(37)38)12-3-13-34;1-2/h2,4-11,14-16,33H,3,12-13,17-19H2,1H3,(H,42,43);1-2H3. The Morgan fingerprint density at radius 1 is 0.957 bits per heavy atom. The average molecular weight is 634 g/mol. The fourth-order valence-corrected chi connectivity index (χ4v) is 5.61. The van der Waals surface area contributed by atoms with Crippen molar-refractivity contribution in [2.24, 2.45) is 5.41 Å². The Hall–Kier alpha value is -4.73. The van der Waals surface area contributed by atoms with Gasteiger partial charge in [-0.05, 0) is 67.3 Å². The molecule has 0 radical (unpaired) electrons. The highest BCUT2D eigenvalue weighted by Crippen LogP contribution is 2.48. The van der Waals surface area contributed by atoms with Crippen molar-refractivity contribution < 1.29 is 32.2 Å². The van der Waals surface area contributed by atoms with Crippen molar-refractivity contribution in [3.05, 3.63) is 113 Å². The summed E-state index contributed by atoms with van der Waals surface area (Å²) in [4.78, 5) is 20.7. The van der Waals surface area contributed by atoms with Crippen LogP contribution < -0.4 is 4.74 Å². The minimum Gasteiger partial charge on any atom is -0.478 e. The van der Waals surface area contributed by atoms with Gasteiger partial charge in [-0.1, -0.05) is 50.6 Å². The molecule has 240 valence electrons. The Kier molecular flexibility index (Phi) is 9.74. The van der Waals surface area contributed by atoms with Gasteiger partial charge in [0.2, 0.25) is 12.3 Å². The van der Waals surface area contributed by atoms with Crippen LogP contribution in [-0.2, 0) is 19.6 Å². The van der Waals surface area contributed by atoms with Crippen LogP contribution in [0.4, 0.5) is 17.6 Å². The second-order valence-corrected chi connectivity index (χ2v) is 11.4. The molecule has 0 saturated heterocycles. The number of carboxylic acids is 1. The molecule has 3 aromatic carbocycles. The van der Waals surface area contributed by atoms with Crippen LogP contribution in [-0.4, -0.2) is 32.0 Å². The summed E-state index contributed by atoms with van der Waals surface area (Å²) >= 11 is 0. The summed E-state index contributed by atoms with van der Waals surface area (Å²) in [6, 6.07) is 18.9. The number of alkyl halides is 2. The number of fused-ring (bicyclic) bond motifs is 1. The first-order valence-electron chi connectivity index (χ1n) is 15.3. The average Bonchev–Trinajstić information content (AvgIpc) is 3.36. The third-order valence-electron chi connectivity index (χ3n) is 8.36. The molecule has 1 saturated carbocycles. The monoisotopic (exact) mass is 633 g/mol. The lowest BCUT2D eigenvalue weighted by Gasteiger charge is -2.41. The Bertz CT molecular complexity index is 1870. The number of ether oxygens (including phenoxy) is 1. The topological polar surface area (TPSA) is 77.2 Å². The van der Waals surface area contributed by atoms with Crippen molar-refractivity contribution in [2.75, 3.05) is 0 Å². The molecule has 2 aromatic heterocycles. The van der Waals surface area contributed by atoms with Crippen LogP contribution in [0.2, 0.25) is 0 Å². The van der Waals surface area contributed by atoms with Crippen LogP contribution in [0.3, 0.4) is 0 Å². The van der Waals surface area contributed by atoms with Gasteiger partial charge in [0.15, 0.2) is 0 Å². The Morgan fingerprint density at radius 3 is 2.35 bits per heavy atom. The highest BCUT2D eigenvalue weighted by Gasteiger charge is 2.46. The number of pyridine rings is 1. The molecule has 6 rings (SSSR count). The number of carbonyl (C=O) groups is 1. The van der Waals surface area contributed by atoms with E-state index in [0.717, 1.165) is 5.56 Å². The van der Waals surface area contributed by atoms with Gasteiger partial charge < -0.3 is 14.4 Å². The van der Waals surface area contributed by atoms with E-state index in [1.54, 1.807) is 60.0 Å². The number of halogens is 4. The first-order valence-corrected chi connectivity index (χ1v) is 15.3. The Labute approximate surface area is 264 Å². The zero-order chi connectivity index (χ0) is 33.0. The number of aryl methyl sites for hydroxylation is 1. The van der Waals surface area contributed by atoms with Crippen LogP contribution in [0.5, 0.6) is 5.88 Å². The lowest BCUT2D eigenvalue weighted by Crippen LogP contribution is -2.41. The molecule has 0 unspecified atom stereocenters. The predicted octanol–water partition coefficient (Wildman–Crippen LogP) is 9.01. The highest BCUT2D eigenvalue weighted by atomic mass is 19.3. The van der Waals surface area contributed by atoms with E-state index in [0.29, 0.717) is 58.5 Å². The molecule has 2 heterocycles. The maximum absolute atomic E-state index is 15.5. The van der Waals surface area contributed by atoms with Crippen molar-refractivity contribution in [1.29, 1.82) is 0 Å². The molecule has 6 nitrogen and oxygen atoms in total. The van der Waals surface area contributed by atoms with Crippen LogP contribution in [0.25, 0.3) is 22.3 Å². The fourth-order valence-electron chi connectivity index (χ4n) is 5.61. The number of nitrogens with zero attached hydrogens (tertiary/aromatic N) is 3. The van der Waals surface area contributed by atoms with E-state index < -0.39 is 23.6 Å². The highest BCUT2D eigenvalue weighted by molar-refractivity contribution is 5.92. The minimum absolute atomic E-state index is 0.0151. The van der Waals surface area contributed by atoms with Gasteiger partial charge in [-0.25, -0.2) is 32.3 Å². The molecule has 0 amide bonds. The maximum atomic E-state index is 15.5. The van der Waals surface area contributed by atoms with Gasteiger partial charge in [0.05, 0.1) is 22.3 Å². The predicted molar refractivity (Wildman–Crippen MR) is 168 cm³/mol. The van der Waals surface area contributed by atoms with E-state index in [2.05, 4.69) is 9.97 Å². The molecule has 46 heavy (non-hydrogen) atoms. The van der Waals surface area contributed by atoms with Crippen LogP contribution in [0.15, 0.2) is 72.8 Å². The van der Waals surface area contributed by atoms with E-state index in [1.165, 1.54) is 24.3 Å². The lowest BCUT2D eigenvalue weighted by molar-refractivity contribution is -0.0714. The van der Waals surface area contributed by atoms with E-state index in [9.17, 15) is 23.1 Å². The number of rotatable bonds is 10. The van der Waals surface area contributed by atoms with Gasteiger partial charge >= 0.3 is 5.97 Å². The smallest absolute Gasteiger partial charge is 0.335 e. The van der Waals surface area contributed by atoms with Crippen LogP contribution in [0.1, 0.15) is 66.0 Å². The molecule has 0 aliphatic heterocycles. The molecule has 1 fully saturated rings. The van der Waals surface area contributed by atoms with Crippen LogP contribution >= 0.6 is 0 Å². The summed E-state index contributed by atoms with van der Waals surface area (Å²) in [5, 5.41) is 9.50. The number of hydrogen-bond donors (Lipinski definition) is 1. The Morgan fingerprint density at radius 2 is 1.70 bits per heavy atom. The molecule has 10 heteroatoms. The summed E-state index contributed by atoms with van der Waals surface area (Å²) in [5.74, 6) is -1.41. The van der Waals surface area contributed by atoms with Crippen molar-refractivity contribution >= 4 is 17.0 Å². The minimum atomic E-state index is -2.55. The number of benzene rings is 3. The SMILES string of the molecule is CC.Cc1ccc(COc2cccc(-c3ccc(Cc4nc5ccc(C(=O)O)cc5n4CC4(C(F)F)CCC4)c(F)c3)n2)c(F)c1. The molecule has 0 atom stereocenters.